The van der Waals surface area contributed by atoms with E-state index in [9.17, 15) is 0 Å². The van der Waals surface area contributed by atoms with Crippen molar-refractivity contribution in [1.29, 1.82) is 0 Å². The van der Waals surface area contributed by atoms with Crippen LogP contribution in [-0.4, -0.2) is 30.7 Å². The molecule has 0 heterocycles. The maximum absolute atomic E-state index is 2.33. The van der Waals surface area contributed by atoms with Crippen LogP contribution in [0.15, 0.2) is 0 Å². The molecule has 0 atom stereocenters. The van der Waals surface area contributed by atoms with Gasteiger partial charge < -0.3 is 21.5 Å². The third-order valence-corrected chi connectivity index (χ3v) is 4.19. The summed E-state index contributed by atoms with van der Waals surface area (Å²) in [6.45, 7) is 15.0. The first kappa shape index (κ1) is 21.7. The summed E-state index contributed by atoms with van der Waals surface area (Å²) in [5, 5.41) is 0. The minimum Gasteiger partial charge on any atom is -1.00 e. The van der Waals surface area contributed by atoms with Crippen molar-refractivity contribution in [2.24, 2.45) is 0 Å². The molecular formula is C17H38BrN. The summed E-state index contributed by atoms with van der Waals surface area (Å²) in [5.74, 6) is 0. The Balaban J connectivity index is 0. The van der Waals surface area contributed by atoms with Gasteiger partial charge in [-0.05, 0) is 32.1 Å². The highest BCUT2D eigenvalue weighted by Gasteiger charge is 2.24. The van der Waals surface area contributed by atoms with Crippen molar-refractivity contribution in [3.8, 4) is 0 Å². The number of halogens is 1. The Morgan fingerprint density at radius 2 is 0.789 bits per heavy atom. The van der Waals surface area contributed by atoms with Crippen molar-refractivity contribution in [3.05, 3.63) is 0 Å². The van der Waals surface area contributed by atoms with Gasteiger partial charge in [0.15, 0.2) is 0 Å². The lowest BCUT2D eigenvalue weighted by molar-refractivity contribution is -0.929. The standard InChI is InChI=1S/C17H38N.BrH/c1-5-9-13-17-18(14-10-6-2,15-11-7-3)16-12-8-4;/h5-17H2,1-4H3;1H/q+1;/p-1. The Hall–Kier alpha value is 0.440. The van der Waals surface area contributed by atoms with Gasteiger partial charge in [0.25, 0.3) is 0 Å². The van der Waals surface area contributed by atoms with Crippen molar-refractivity contribution in [2.75, 3.05) is 26.2 Å². The fraction of sp³-hybridized carbons (Fsp3) is 1.00. The smallest absolute Gasteiger partial charge is 0.0786 e. The lowest BCUT2D eigenvalue weighted by atomic mass is 10.1. The van der Waals surface area contributed by atoms with Crippen LogP contribution in [0.5, 0.6) is 0 Å². The second kappa shape index (κ2) is 14.8. The van der Waals surface area contributed by atoms with Crippen LogP contribution in [0.1, 0.15) is 85.5 Å². The molecule has 0 aliphatic rings. The Kier molecular flexibility index (Phi) is 17.0. The van der Waals surface area contributed by atoms with Crippen LogP contribution < -0.4 is 17.0 Å². The van der Waals surface area contributed by atoms with Gasteiger partial charge in [-0.25, -0.2) is 0 Å². The molecule has 0 aliphatic carbocycles. The minimum atomic E-state index is 0. The number of rotatable bonds is 13. The molecule has 0 radical (unpaired) electrons. The number of quaternary nitrogens is 1. The number of hydrogen-bond acceptors (Lipinski definition) is 0. The topological polar surface area (TPSA) is 0 Å². The zero-order chi connectivity index (χ0) is 13.7. The summed E-state index contributed by atoms with van der Waals surface area (Å²) in [7, 11) is 0. The van der Waals surface area contributed by atoms with E-state index in [0.29, 0.717) is 0 Å². The first-order chi connectivity index (χ1) is 8.74. The van der Waals surface area contributed by atoms with E-state index in [0.717, 1.165) is 0 Å². The maximum Gasteiger partial charge on any atom is 0.0786 e. The molecule has 0 bridgehead atoms. The zero-order valence-corrected chi connectivity index (χ0v) is 15.6. The van der Waals surface area contributed by atoms with Crippen molar-refractivity contribution < 1.29 is 21.5 Å². The first-order valence-electron chi connectivity index (χ1n) is 8.59. The molecule has 0 unspecified atom stereocenters. The van der Waals surface area contributed by atoms with Crippen LogP contribution in [0.25, 0.3) is 0 Å². The van der Waals surface area contributed by atoms with Gasteiger partial charge in [-0.15, -0.1) is 0 Å². The molecule has 19 heavy (non-hydrogen) atoms. The van der Waals surface area contributed by atoms with Gasteiger partial charge >= 0.3 is 0 Å². The first-order valence-corrected chi connectivity index (χ1v) is 8.59. The monoisotopic (exact) mass is 335 g/mol. The van der Waals surface area contributed by atoms with E-state index in [4.69, 9.17) is 0 Å². The molecule has 0 rings (SSSR count). The summed E-state index contributed by atoms with van der Waals surface area (Å²) < 4.78 is 1.43. The van der Waals surface area contributed by atoms with Crippen molar-refractivity contribution >= 4 is 0 Å². The molecule has 0 aromatic rings. The molecular weight excluding hydrogens is 298 g/mol. The third kappa shape index (κ3) is 10.8. The zero-order valence-electron chi connectivity index (χ0n) is 14.0. The van der Waals surface area contributed by atoms with Crippen LogP contribution in [0, 0.1) is 0 Å². The number of unbranched alkanes of at least 4 members (excludes halogenated alkanes) is 5. The predicted octanol–water partition coefficient (Wildman–Crippen LogP) is 2.40. The molecule has 0 saturated heterocycles. The summed E-state index contributed by atoms with van der Waals surface area (Å²) in [6.07, 6.45) is 12.5. The Morgan fingerprint density at radius 3 is 1.11 bits per heavy atom. The maximum atomic E-state index is 2.33. The van der Waals surface area contributed by atoms with E-state index in [1.165, 1.54) is 88.4 Å². The van der Waals surface area contributed by atoms with Crippen molar-refractivity contribution in [3.63, 3.8) is 0 Å². The molecule has 118 valence electrons. The fourth-order valence-corrected chi connectivity index (χ4v) is 2.85. The van der Waals surface area contributed by atoms with Crippen molar-refractivity contribution in [2.45, 2.75) is 85.5 Å². The molecule has 0 saturated carbocycles. The lowest BCUT2D eigenvalue weighted by Gasteiger charge is -2.39. The molecule has 0 fully saturated rings. The van der Waals surface area contributed by atoms with Crippen LogP contribution in [0.2, 0.25) is 0 Å². The molecule has 0 aliphatic heterocycles. The fourth-order valence-electron chi connectivity index (χ4n) is 2.85. The second-order valence-corrected chi connectivity index (χ2v) is 6.00. The highest BCUT2D eigenvalue weighted by Crippen LogP contribution is 2.16. The predicted molar refractivity (Wildman–Crippen MR) is 84.0 cm³/mol. The molecule has 0 aromatic heterocycles. The summed E-state index contributed by atoms with van der Waals surface area (Å²) in [4.78, 5) is 0. The van der Waals surface area contributed by atoms with Gasteiger partial charge in [0.1, 0.15) is 0 Å². The molecule has 0 spiro atoms. The number of nitrogens with zero attached hydrogens (tertiary/aromatic N) is 1. The van der Waals surface area contributed by atoms with Gasteiger partial charge in [0, 0.05) is 0 Å². The van der Waals surface area contributed by atoms with Gasteiger partial charge in [-0.1, -0.05) is 53.4 Å². The molecule has 0 N–H and O–H groups in total. The Labute approximate surface area is 133 Å². The van der Waals surface area contributed by atoms with Gasteiger partial charge in [0.2, 0.25) is 0 Å². The second-order valence-electron chi connectivity index (χ2n) is 6.00. The van der Waals surface area contributed by atoms with Crippen LogP contribution >= 0.6 is 0 Å². The molecule has 0 amide bonds. The van der Waals surface area contributed by atoms with Crippen LogP contribution in [0.4, 0.5) is 0 Å². The Morgan fingerprint density at radius 1 is 0.474 bits per heavy atom. The van der Waals surface area contributed by atoms with Crippen LogP contribution in [-0.2, 0) is 0 Å². The summed E-state index contributed by atoms with van der Waals surface area (Å²) in [5.41, 5.74) is 0. The Bertz CT molecular complexity index is 149. The quantitative estimate of drug-likeness (QED) is 0.358. The largest absolute Gasteiger partial charge is 1.00 e. The van der Waals surface area contributed by atoms with E-state index in [-0.39, 0.29) is 17.0 Å². The molecule has 0 aromatic carbocycles. The van der Waals surface area contributed by atoms with E-state index in [1.807, 2.05) is 0 Å². The minimum absolute atomic E-state index is 0. The molecule has 1 nitrogen and oxygen atoms in total. The van der Waals surface area contributed by atoms with Crippen molar-refractivity contribution in [1.82, 2.24) is 0 Å². The van der Waals surface area contributed by atoms with E-state index in [2.05, 4.69) is 27.7 Å². The van der Waals surface area contributed by atoms with E-state index >= 15 is 0 Å². The van der Waals surface area contributed by atoms with Crippen LogP contribution in [0.3, 0.4) is 0 Å². The SMILES string of the molecule is CCCCC[N+](CCCC)(CCCC)CCCC.[Br-]. The highest BCUT2D eigenvalue weighted by atomic mass is 79.9. The molecule has 2 heteroatoms. The van der Waals surface area contributed by atoms with Gasteiger partial charge in [-0.2, -0.15) is 0 Å². The highest BCUT2D eigenvalue weighted by molar-refractivity contribution is 4.50. The summed E-state index contributed by atoms with van der Waals surface area (Å²) in [6, 6.07) is 0. The summed E-state index contributed by atoms with van der Waals surface area (Å²) >= 11 is 0. The lowest BCUT2D eigenvalue weighted by Crippen LogP contribution is -3.00. The van der Waals surface area contributed by atoms with E-state index < -0.39 is 0 Å². The normalized spacial score (nSPS) is 11.4. The average Bonchev–Trinajstić information content (AvgIpc) is 2.40. The van der Waals surface area contributed by atoms with E-state index in [1.54, 1.807) is 0 Å². The average molecular weight is 336 g/mol. The van der Waals surface area contributed by atoms with Gasteiger partial charge in [-0.3, -0.25) is 0 Å². The van der Waals surface area contributed by atoms with Gasteiger partial charge in [0.05, 0.1) is 26.2 Å². The third-order valence-electron chi connectivity index (χ3n) is 4.19. The number of hydrogen-bond donors (Lipinski definition) is 0.